The Kier molecular flexibility index (Phi) is 5.84. The topological polar surface area (TPSA) is 58.2 Å². The number of hydrogen-bond acceptors (Lipinski definition) is 2. The van der Waals surface area contributed by atoms with E-state index in [1.54, 1.807) is 12.1 Å². The van der Waals surface area contributed by atoms with Gasteiger partial charge in [0.2, 0.25) is 0 Å². The van der Waals surface area contributed by atoms with Gasteiger partial charge in [-0.1, -0.05) is 41.4 Å². The van der Waals surface area contributed by atoms with Gasteiger partial charge in [0.05, 0.1) is 16.1 Å². The van der Waals surface area contributed by atoms with Gasteiger partial charge in [-0.15, -0.1) is 0 Å². The molecule has 0 radical (unpaired) electrons. The number of carbonyl (C=O) groups excluding carboxylic acids is 2. The number of carbonyl (C=O) groups is 2. The number of amides is 2. The zero-order chi connectivity index (χ0) is 18.7. The predicted octanol–water partition coefficient (Wildman–Crippen LogP) is 4.69. The molecule has 6 heteroatoms. The summed E-state index contributed by atoms with van der Waals surface area (Å²) < 4.78 is 0. The molecule has 2 amide bonds. The third-order valence-electron chi connectivity index (χ3n) is 4.60. The van der Waals surface area contributed by atoms with Gasteiger partial charge in [0.1, 0.15) is 0 Å². The minimum atomic E-state index is -0.742. The lowest BCUT2D eigenvalue weighted by molar-refractivity contribution is -0.136. The van der Waals surface area contributed by atoms with Crippen molar-refractivity contribution < 1.29 is 9.59 Å². The van der Waals surface area contributed by atoms with E-state index < -0.39 is 11.8 Å². The molecule has 2 aromatic carbocycles. The second kappa shape index (κ2) is 8.11. The first kappa shape index (κ1) is 18.7. The van der Waals surface area contributed by atoms with Crippen molar-refractivity contribution in [1.82, 2.24) is 5.32 Å². The summed E-state index contributed by atoms with van der Waals surface area (Å²) in [6.07, 6.45) is 4.61. The molecule has 0 bridgehead atoms. The van der Waals surface area contributed by atoms with Crippen LogP contribution in [0, 0.1) is 0 Å². The van der Waals surface area contributed by atoms with Gasteiger partial charge in [0.15, 0.2) is 0 Å². The third-order valence-corrected chi connectivity index (χ3v) is 5.34. The first-order chi connectivity index (χ1) is 12.4. The van der Waals surface area contributed by atoms with Gasteiger partial charge >= 0.3 is 11.8 Å². The largest absolute Gasteiger partial charge is 0.341 e. The van der Waals surface area contributed by atoms with Crippen LogP contribution in [0.15, 0.2) is 36.4 Å². The average Bonchev–Trinajstić information content (AvgIpc) is 2.64. The summed E-state index contributed by atoms with van der Waals surface area (Å²) in [6, 6.07) is 10.7. The monoisotopic (exact) mass is 390 g/mol. The van der Waals surface area contributed by atoms with E-state index in [1.807, 2.05) is 13.0 Å². The van der Waals surface area contributed by atoms with Crippen molar-refractivity contribution in [3.63, 3.8) is 0 Å². The molecule has 2 aromatic rings. The van der Waals surface area contributed by atoms with Crippen LogP contribution in [0.5, 0.6) is 0 Å². The first-order valence-electron chi connectivity index (χ1n) is 8.62. The summed E-state index contributed by atoms with van der Waals surface area (Å²) in [5, 5.41) is 5.96. The van der Waals surface area contributed by atoms with E-state index in [0.717, 1.165) is 18.4 Å². The maximum atomic E-state index is 12.2. The van der Waals surface area contributed by atoms with Crippen molar-refractivity contribution >= 4 is 40.7 Å². The number of hydrogen-bond donors (Lipinski definition) is 2. The Balaban J connectivity index is 1.63. The predicted molar refractivity (Wildman–Crippen MR) is 105 cm³/mol. The van der Waals surface area contributed by atoms with Crippen molar-refractivity contribution in [1.29, 1.82) is 0 Å². The molecule has 0 saturated heterocycles. The average molecular weight is 391 g/mol. The van der Waals surface area contributed by atoms with Crippen molar-refractivity contribution in [2.45, 2.75) is 38.6 Å². The van der Waals surface area contributed by atoms with Crippen molar-refractivity contribution in [3.8, 4) is 0 Å². The highest BCUT2D eigenvalue weighted by atomic mass is 35.5. The van der Waals surface area contributed by atoms with E-state index in [0.29, 0.717) is 15.7 Å². The molecular formula is C20H20Cl2N2O2. The highest BCUT2D eigenvalue weighted by molar-refractivity contribution is 6.43. The number of benzene rings is 2. The lowest BCUT2D eigenvalue weighted by Gasteiger charge is -2.20. The molecule has 4 nitrogen and oxygen atoms in total. The number of rotatable bonds is 3. The lowest BCUT2D eigenvalue weighted by atomic mass is 9.89. The van der Waals surface area contributed by atoms with E-state index in [1.165, 1.54) is 30.0 Å². The molecule has 0 aliphatic heterocycles. The second-order valence-electron chi connectivity index (χ2n) is 6.51. The standard InChI is InChI=1S/C20H20Cl2N2O2/c1-12(14-7-6-13-4-2-3-5-15(13)10-14)23-19(25)20(26)24-16-8-9-17(21)18(22)11-16/h6-12H,2-5H2,1H3,(H,23,25)(H,24,26). The third kappa shape index (κ3) is 4.37. The van der Waals surface area contributed by atoms with E-state index >= 15 is 0 Å². The smallest absolute Gasteiger partial charge is 0.313 e. The van der Waals surface area contributed by atoms with Gasteiger partial charge in [-0.05, 0) is 67.5 Å². The fourth-order valence-electron chi connectivity index (χ4n) is 3.13. The van der Waals surface area contributed by atoms with Crippen LogP contribution in [0.1, 0.15) is 42.5 Å². The Morgan fingerprint density at radius 2 is 1.65 bits per heavy atom. The van der Waals surface area contributed by atoms with E-state index in [4.69, 9.17) is 23.2 Å². The minimum Gasteiger partial charge on any atom is -0.341 e. The molecule has 1 unspecified atom stereocenters. The Morgan fingerprint density at radius 1 is 0.923 bits per heavy atom. The number of fused-ring (bicyclic) bond motifs is 1. The van der Waals surface area contributed by atoms with Gasteiger partial charge in [-0.3, -0.25) is 9.59 Å². The molecule has 136 valence electrons. The van der Waals surface area contributed by atoms with Crippen LogP contribution in [-0.4, -0.2) is 11.8 Å². The molecule has 2 N–H and O–H groups in total. The van der Waals surface area contributed by atoms with Crippen molar-refractivity contribution in [2.24, 2.45) is 0 Å². The Morgan fingerprint density at radius 3 is 2.38 bits per heavy atom. The highest BCUT2D eigenvalue weighted by Crippen LogP contribution is 2.26. The number of anilines is 1. The van der Waals surface area contributed by atoms with Gasteiger partial charge in [-0.25, -0.2) is 0 Å². The van der Waals surface area contributed by atoms with Crippen LogP contribution in [0.25, 0.3) is 0 Å². The molecule has 3 rings (SSSR count). The quantitative estimate of drug-likeness (QED) is 0.746. The van der Waals surface area contributed by atoms with Crippen LogP contribution in [0.4, 0.5) is 5.69 Å². The van der Waals surface area contributed by atoms with Gasteiger partial charge < -0.3 is 10.6 Å². The molecular weight excluding hydrogens is 371 g/mol. The van der Waals surface area contributed by atoms with Crippen LogP contribution in [0.3, 0.4) is 0 Å². The van der Waals surface area contributed by atoms with Crippen LogP contribution < -0.4 is 10.6 Å². The molecule has 0 fully saturated rings. The van der Waals surface area contributed by atoms with Crippen molar-refractivity contribution in [2.75, 3.05) is 5.32 Å². The highest BCUT2D eigenvalue weighted by Gasteiger charge is 2.19. The van der Waals surface area contributed by atoms with E-state index in [9.17, 15) is 9.59 Å². The summed E-state index contributed by atoms with van der Waals surface area (Å²) in [4.78, 5) is 24.3. The summed E-state index contributed by atoms with van der Waals surface area (Å²) in [5.74, 6) is -1.44. The summed E-state index contributed by atoms with van der Waals surface area (Å²) in [7, 11) is 0. The molecule has 0 aromatic heterocycles. The zero-order valence-corrected chi connectivity index (χ0v) is 16.0. The van der Waals surface area contributed by atoms with E-state index in [-0.39, 0.29) is 6.04 Å². The number of aryl methyl sites for hydroxylation is 2. The lowest BCUT2D eigenvalue weighted by Crippen LogP contribution is -2.37. The Bertz CT molecular complexity index is 852. The van der Waals surface area contributed by atoms with Crippen molar-refractivity contribution in [3.05, 3.63) is 63.1 Å². The van der Waals surface area contributed by atoms with Crippen LogP contribution in [0.2, 0.25) is 10.0 Å². The maximum absolute atomic E-state index is 12.2. The van der Waals surface area contributed by atoms with Gasteiger partial charge in [0, 0.05) is 5.69 Å². The normalized spacial score (nSPS) is 14.3. The molecule has 1 atom stereocenters. The molecule has 0 spiro atoms. The Labute approximate surface area is 162 Å². The van der Waals surface area contributed by atoms with Crippen LogP contribution >= 0.6 is 23.2 Å². The number of halogens is 2. The van der Waals surface area contributed by atoms with Gasteiger partial charge in [-0.2, -0.15) is 0 Å². The molecule has 1 aliphatic carbocycles. The molecule has 1 aliphatic rings. The fourth-order valence-corrected chi connectivity index (χ4v) is 3.43. The maximum Gasteiger partial charge on any atom is 0.313 e. The second-order valence-corrected chi connectivity index (χ2v) is 7.33. The molecule has 26 heavy (non-hydrogen) atoms. The summed E-state index contributed by atoms with van der Waals surface area (Å²) >= 11 is 11.8. The van der Waals surface area contributed by atoms with Crippen LogP contribution in [-0.2, 0) is 22.4 Å². The van der Waals surface area contributed by atoms with Gasteiger partial charge in [0.25, 0.3) is 0 Å². The molecule has 0 saturated carbocycles. The Hall–Kier alpha value is -2.04. The van der Waals surface area contributed by atoms with E-state index in [2.05, 4.69) is 22.8 Å². The number of nitrogens with one attached hydrogen (secondary N) is 2. The summed E-state index contributed by atoms with van der Waals surface area (Å²) in [5.41, 5.74) is 4.15. The molecule has 0 heterocycles. The summed E-state index contributed by atoms with van der Waals surface area (Å²) in [6.45, 7) is 1.87. The zero-order valence-electron chi connectivity index (χ0n) is 14.4. The minimum absolute atomic E-state index is 0.255. The first-order valence-corrected chi connectivity index (χ1v) is 9.38. The SMILES string of the molecule is CC(NC(=O)C(=O)Nc1ccc(Cl)c(Cl)c1)c1ccc2c(c1)CCCC2. The fraction of sp³-hybridized carbons (Fsp3) is 0.300.